The molecular weight excluding hydrogens is 536 g/mol. The molecular formula is C29H25ClN4O4S. The first-order valence-electron chi connectivity index (χ1n) is 12.3. The number of nitrogens with one attached hydrogen (secondary N) is 2. The van der Waals surface area contributed by atoms with Crippen molar-refractivity contribution in [3.05, 3.63) is 101 Å². The highest BCUT2D eigenvalue weighted by atomic mass is 35.5. The Balaban J connectivity index is 1.58. The fraction of sp³-hybridized carbons (Fsp3) is 0.172. The topological polar surface area (TPSA) is 108 Å². The van der Waals surface area contributed by atoms with Crippen LogP contribution < -0.4 is 15.5 Å². The Morgan fingerprint density at radius 1 is 1.15 bits per heavy atom. The van der Waals surface area contributed by atoms with Crippen LogP contribution in [0.25, 0.3) is 11.3 Å². The Labute approximate surface area is 235 Å². The number of benzene rings is 2. The molecule has 0 saturated carbocycles. The maximum absolute atomic E-state index is 12.0. The molecule has 198 valence electrons. The van der Waals surface area contributed by atoms with Crippen LogP contribution in [-0.4, -0.2) is 27.1 Å². The molecule has 2 aromatic carbocycles. The van der Waals surface area contributed by atoms with Crippen molar-refractivity contribution in [1.82, 2.24) is 10.3 Å². The van der Waals surface area contributed by atoms with E-state index in [1.807, 2.05) is 54.3 Å². The summed E-state index contributed by atoms with van der Waals surface area (Å²) in [6.07, 6.45) is 2.11. The lowest BCUT2D eigenvalue weighted by Crippen LogP contribution is -2.29. The van der Waals surface area contributed by atoms with Crippen LogP contribution in [-0.2, 0) is 4.79 Å². The van der Waals surface area contributed by atoms with Gasteiger partial charge in [-0.25, -0.2) is 4.79 Å². The summed E-state index contributed by atoms with van der Waals surface area (Å²) in [5.41, 5.74) is 3.79. The van der Waals surface area contributed by atoms with Gasteiger partial charge in [0.25, 0.3) is 0 Å². The van der Waals surface area contributed by atoms with Crippen LogP contribution in [0.15, 0.2) is 77.3 Å². The molecule has 0 aliphatic carbocycles. The smallest absolute Gasteiger partial charge is 0.335 e. The van der Waals surface area contributed by atoms with E-state index in [1.165, 1.54) is 12.1 Å². The molecule has 1 amide bonds. The zero-order chi connectivity index (χ0) is 27.7. The van der Waals surface area contributed by atoms with Crippen LogP contribution in [0, 0.1) is 6.92 Å². The molecule has 0 spiro atoms. The number of aromatic carboxylic acids is 1. The van der Waals surface area contributed by atoms with Gasteiger partial charge in [0.2, 0.25) is 5.91 Å². The second-order valence-corrected chi connectivity index (χ2v) is 9.89. The van der Waals surface area contributed by atoms with Gasteiger partial charge in [0.05, 0.1) is 22.3 Å². The molecule has 5 rings (SSSR count). The lowest BCUT2D eigenvalue weighted by Gasteiger charge is -2.27. The number of thiocarbonyl (C=S) groups is 1. The largest absolute Gasteiger partial charge is 0.478 e. The summed E-state index contributed by atoms with van der Waals surface area (Å²) in [7, 11) is 0. The highest BCUT2D eigenvalue weighted by Crippen LogP contribution is 2.44. The van der Waals surface area contributed by atoms with E-state index in [1.54, 1.807) is 25.3 Å². The molecule has 2 unspecified atom stereocenters. The summed E-state index contributed by atoms with van der Waals surface area (Å²) >= 11 is 12.2. The minimum atomic E-state index is -1.06. The van der Waals surface area contributed by atoms with Gasteiger partial charge < -0.3 is 25.1 Å². The fourth-order valence-corrected chi connectivity index (χ4v) is 5.16. The van der Waals surface area contributed by atoms with Gasteiger partial charge in [-0.2, -0.15) is 0 Å². The van der Waals surface area contributed by atoms with Crippen molar-refractivity contribution in [3.63, 3.8) is 0 Å². The molecule has 4 aromatic rings. The van der Waals surface area contributed by atoms with Gasteiger partial charge in [0.15, 0.2) is 5.11 Å². The van der Waals surface area contributed by atoms with Crippen LogP contribution >= 0.6 is 23.8 Å². The minimum absolute atomic E-state index is 0.0638. The number of carboxylic acids is 1. The molecule has 3 N–H and O–H groups in total. The van der Waals surface area contributed by atoms with Gasteiger partial charge in [-0.05, 0) is 85.4 Å². The van der Waals surface area contributed by atoms with Crippen LogP contribution in [0.4, 0.5) is 11.4 Å². The Kier molecular flexibility index (Phi) is 7.36. The average Bonchev–Trinajstić information content (AvgIpc) is 3.55. The van der Waals surface area contributed by atoms with E-state index in [4.69, 9.17) is 28.2 Å². The van der Waals surface area contributed by atoms with Gasteiger partial charge in [-0.3, -0.25) is 9.78 Å². The van der Waals surface area contributed by atoms with Crippen molar-refractivity contribution in [3.8, 4) is 11.3 Å². The number of hydrogen-bond donors (Lipinski definition) is 3. The molecule has 10 heteroatoms. The molecule has 1 aliphatic rings. The highest BCUT2D eigenvalue weighted by molar-refractivity contribution is 7.80. The normalized spacial score (nSPS) is 16.7. The summed E-state index contributed by atoms with van der Waals surface area (Å²) in [5.74, 6) is -0.0957. The molecule has 1 fully saturated rings. The molecule has 3 heterocycles. The molecule has 1 aliphatic heterocycles. The predicted molar refractivity (Wildman–Crippen MR) is 154 cm³/mol. The molecule has 0 radical (unpaired) electrons. The number of carbonyl (C=O) groups excluding carboxylic acids is 1. The van der Waals surface area contributed by atoms with E-state index in [-0.39, 0.29) is 17.5 Å². The lowest BCUT2D eigenvalue weighted by molar-refractivity contribution is -0.115. The Bertz CT molecular complexity index is 1570. The zero-order valence-corrected chi connectivity index (χ0v) is 22.7. The summed E-state index contributed by atoms with van der Waals surface area (Å²) in [4.78, 5) is 30.0. The van der Waals surface area contributed by atoms with Crippen molar-refractivity contribution in [2.75, 3.05) is 10.2 Å². The third kappa shape index (κ3) is 5.23. The molecule has 39 heavy (non-hydrogen) atoms. The quantitative estimate of drug-likeness (QED) is 0.219. The van der Waals surface area contributed by atoms with Crippen molar-refractivity contribution < 1.29 is 19.1 Å². The molecule has 0 bridgehead atoms. The maximum atomic E-state index is 12.0. The van der Waals surface area contributed by atoms with Crippen molar-refractivity contribution in [1.29, 1.82) is 0 Å². The van der Waals surface area contributed by atoms with Crippen LogP contribution in [0.1, 0.15) is 52.8 Å². The summed E-state index contributed by atoms with van der Waals surface area (Å²) in [6.45, 7) is 3.73. The Morgan fingerprint density at radius 2 is 1.97 bits per heavy atom. The molecule has 2 aromatic heterocycles. The Hall–Kier alpha value is -4.21. The summed E-state index contributed by atoms with van der Waals surface area (Å²) in [5, 5.41) is 16.6. The monoisotopic (exact) mass is 560 g/mol. The van der Waals surface area contributed by atoms with E-state index in [2.05, 4.69) is 15.6 Å². The molecule has 1 saturated heterocycles. The Morgan fingerprint density at radius 3 is 2.67 bits per heavy atom. The number of anilines is 2. The van der Waals surface area contributed by atoms with Crippen molar-refractivity contribution in [2.45, 2.75) is 32.4 Å². The van der Waals surface area contributed by atoms with Crippen LogP contribution in [0.2, 0.25) is 5.02 Å². The number of amides is 1. The molecule has 2 atom stereocenters. The maximum Gasteiger partial charge on any atom is 0.335 e. The highest BCUT2D eigenvalue weighted by Gasteiger charge is 2.42. The van der Waals surface area contributed by atoms with Crippen molar-refractivity contribution in [2.24, 2.45) is 0 Å². The van der Waals surface area contributed by atoms with E-state index in [0.717, 1.165) is 22.6 Å². The van der Waals surface area contributed by atoms with Crippen LogP contribution in [0.3, 0.4) is 0 Å². The first-order chi connectivity index (χ1) is 18.8. The minimum Gasteiger partial charge on any atom is -0.478 e. The standard InChI is InChI=1S/C29H25ClN4O4S/c1-3-25(35)32-21-10-8-18(14-16(21)2)34-27(26(33-29(34)39)22-6-4-5-13-31-22)24-12-11-23(38-24)19-15-17(28(36)37)7-9-20(19)30/h4-15,26-27H,3H2,1-2H3,(H,32,35)(H,33,39)(H,36,37). The predicted octanol–water partition coefficient (Wildman–Crippen LogP) is 6.53. The van der Waals surface area contributed by atoms with E-state index < -0.39 is 12.0 Å². The molecule has 8 nitrogen and oxygen atoms in total. The van der Waals surface area contributed by atoms with Crippen LogP contribution in [0.5, 0.6) is 0 Å². The number of aryl methyl sites for hydroxylation is 1. The number of carbonyl (C=O) groups is 2. The summed E-state index contributed by atoms with van der Waals surface area (Å²) < 4.78 is 6.34. The van der Waals surface area contributed by atoms with Gasteiger partial charge in [-0.15, -0.1) is 0 Å². The average molecular weight is 561 g/mol. The number of nitrogens with zero attached hydrogens (tertiary/aromatic N) is 2. The zero-order valence-electron chi connectivity index (χ0n) is 21.1. The van der Waals surface area contributed by atoms with E-state index in [9.17, 15) is 14.7 Å². The SMILES string of the molecule is CCC(=O)Nc1ccc(N2C(=S)NC(c3ccccn3)C2c2ccc(-c3cc(C(=O)O)ccc3Cl)o2)cc1C. The van der Waals surface area contributed by atoms with E-state index in [0.29, 0.717) is 33.6 Å². The number of hydrogen-bond acceptors (Lipinski definition) is 5. The first-order valence-corrected chi connectivity index (χ1v) is 13.1. The van der Waals surface area contributed by atoms with Gasteiger partial charge >= 0.3 is 5.97 Å². The number of carboxylic acid groups (broad SMARTS) is 1. The van der Waals surface area contributed by atoms with Gasteiger partial charge in [-0.1, -0.05) is 24.6 Å². The number of rotatable bonds is 7. The van der Waals surface area contributed by atoms with E-state index >= 15 is 0 Å². The third-order valence-corrected chi connectivity index (χ3v) is 7.22. The van der Waals surface area contributed by atoms with Gasteiger partial charge in [0, 0.05) is 29.6 Å². The van der Waals surface area contributed by atoms with Gasteiger partial charge in [0.1, 0.15) is 17.6 Å². The van der Waals surface area contributed by atoms with Crippen molar-refractivity contribution >= 4 is 52.2 Å². The first kappa shape index (κ1) is 26.4. The lowest BCUT2D eigenvalue weighted by atomic mass is 10.0. The second-order valence-electron chi connectivity index (χ2n) is 9.10. The number of furan rings is 1. The fourth-order valence-electron chi connectivity index (χ4n) is 4.60. The number of halogens is 1. The second kappa shape index (κ2) is 10.9. The summed E-state index contributed by atoms with van der Waals surface area (Å²) in [6, 6.07) is 18.7. The number of pyridine rings is 1. The third-order valence-electron chi connectivity index (χ3n) is 6.58. The number of aromatic nitrogens is 1.